The summed E-state index contributed by atoms with van der Waals surface area (Å²) in [5, 5.41) is 12.5. The third-order valence-electron chi connectivity index (χ3n) is 2.09. The van der Waals surface area contributed by atoms with Crippen LogP contribution in [0.2, 0.25) is 0 Å². The first-order chi connectivity index (χ1) is 7.24. The first kappa shape index (κ1) is 11.6. The van der Waals surface area contributed by atoms with Gasteiger partial charge in [0, 0.05) is 10.5 Å². The molecule has 0 saturated carbocycles. The van der Waals surface area contributed by atoms with Gasteiger partial charge in [-0.25, -0.2) is 4.79 Å². The number of rotatable bonds is 4. The smallest absolute Gasteiger partial charge is 0.333 e. The van der Waals surface area contributed by atoms with Crippen molar-refractivity contribution < 1.29 is 14.6 Å². The number of hydrogen-bond acceptors (Lipinski definition) is 4. The Morgan fingerprint density at radius 1 is 1.80 bits per heavy atom. The van der Waals surface area contributed by atoms with Gasteiger partial charge in [-0.1, -0.05) is 5.11 Å². The molecule has 82 valence electrons. The number of carbonyl (C=O) groups is 1. The molecule has 6 nitrogen and oxygen atoms in total. The number of azide groups is 1. The monoisotopic (exact) mass is 211 g/mol. The molecule has 0 aromatic heterocycles. The minimum Gasteiger partial charge on any atom is -0.462 e. The predicted octanol–water partition coefficient (Wildman–Crippen LogP) is 1.31. The highest BCUT2D eigenvalue weighted by atomic mass is 16.5. The van der Waals surface area contributed by atoms with Crippen molar-refractivity contribution in [1.29, 1.82) is 0 Å². The first-order valence-corrected chi connectivity index (χ1v) is 4.81. The number of carbonyl (C=O) groups excluding carboxylic acids is 1. The molecular formula is C9H13N3O3. The van der Waals surface area contributed by atoms with E-state index in [1.807, 2.05) is 0 Å². The van der Waals surface area contributed by atoms with Crippen molar-refractivity contribution in [2.24, 2.45) is 5.11 Å². The van der Waals surface area contributed by atoms with Crippen LogP contribution in [0.1, 0.15) is 19.3 Å². The number of nitrogens with zero attached hydrogens (tertiary/aromatic N) is 3. The third-order valence-corrected chi connectivity index (χ3v) is 2.09. The van der Waals surface area contributed by atoms with Crippen molar-refractivity contribution >= 4 is 5.97 Å². The lowest BCUT2D eigenvalue weighted by Gasteiger charge is -2.15. The molecule has 0 bridgehead atoms. The van der Waals surface area contributed by atoms with Gasteiger partial charge in [-0.3, -0.25) is 0 Å². The average molecular weight is 211 g/mol. The molecule has 1 unspecified atom stereocenters. The minimum absolute atomic E-state index is 0.0797. The SMILES string of the molecule is [N-]=[N+]=NCCOC(=O)C1=CC(O)CCC1. The van der Waals surface area contributed by atoms with Gasteiger partial charge in [-0.2, -0.15) is 0 Å². The topological polar surface area (TPSA) is 95.3 Å². The molecule has 0 amide bonds. The number of aliphatic hydroxyl groups is 1. The molecule has 1 atom stereocenters. The lowest BCUT2D eigenvalue weighted by molar-refractivity contribution is -0.139. The Bertz CT molecular complexity index is 308. The van der Waals surface area contributed by atoms with Crippen molar-refractivity contribution in [3.63, 3.8) is 0 Å². The molecular weight excluding hydrogens is 198 g/mol. The Morgan fingerprint density at radius 2 is 2.60 bits per heavy atom. The summed E-state index contributed by atoms with van der Waals surface area (Å²) in [5.74, 6) is -0.429. The van der Waals surface area contributed by atoms with Gasteiger partial charge in [0.15, 0.2) is 0 Å². The zero-order chi connectivity index (χ0) is 11.1. The summed E-state index contributed by atoms with van der Waals surface area (Å²) in [7, 11) is 0. The number of esters is 1. The Hall–Kier alpha value is -1.52. The quantitative estimate of drug-likeness (QED) is 0.249. The van der Waals surface area contributed by atoms with Crippen LogP contribution in [-0.2, 0) is 9.53 Å². The second kappa shape index (κ2) is 6.06. The van der Waals surface area contributed by atoms with Gasteiger partial charge in [-0.15, -0.1) is 0 Å². The van der Waals surface area contributed by atoms with Gasteiger partial charge in [-0.05, 0) is 30.9 Å². The first-order valence-electron chi connectivity index (χ1n) is 4.81. The molecule has 6 heteroatoms. The maximum Gasteiger partial charge on any atom is 0.333 e. The fourth-order valence-electron chi connectivity index (χ4n) is 1.39. The molecule has 0 saturated heterocycles. The van der Waals surface area contributed by atoms with E-state index in [1.165, 1.54) is 6.08 Å². The van der Waals surface area contributed by atoms with Crippen LogP contribution in [-0.4, -0.2) is 30.3 Å². The van der Waals surface area contributed by atoms with Crippen molar-refractivity contribution in [3.05, 3.63) is 22.1 Å². The van der Waals surface area contributed by atoms with E-state index in [-0.39, 0.29) is 13.2 Å². The van der Waals surface area contributed by atoms with E-state index in [2.05, 4.69) is 10.0 Å². The van der Waals surface area contributed by atoms with Crippen LogP contribution < -0.4 is 0 Å². The fourth-order valence-corrected chi connectivity index (χ4v) is 1.39. The summed E-state index contributed by atoms with van der Waals surface area (Å²) in [6.45, 7) is 0.217. The van der Waals surface area contributed by atoms with Crippen LogP contribution in [0.5, 0.6) is 0 Å². The van der Waals surface area contributed by atoms with Crippen LogP contribution in [0.4, 0.5) is 0 Å². The van der Waals surface area contributed by atoms with Crippen LogP contribution in [0.3, 0.4) is 0 Å². The van der Waals surface area contributed by atoms with Crippen LogP contribution >= 0.6 is 0 Å². The third kappa shape index (κ3) is 4.01. The van der Waals surface area contributed by atoms with Crippen molar-refractivity contribution in [1.82, 2.24) is 0 Å². The summed E-state index contributed by atoms with van der Waals surface area (Å²) in [4.78, 5) is 13.9. The lowest BCUT2D eigenvalue weighted by Crippen LogP contribution is -2.17. The van der Waals surface area contributed by atoms with E-state index in [0.29, 0.717) is 18.4 Å². The largest absolute Gasteiger partial charge is 0.462 e. The van der Waals surface area contributed by atoms with Gasteiger partial charge >= 0.3 is 5.97 Å². The second-order valence-corrected chi connectivity index (χ2v) is 3.24. The summed E-state index contributed by atoms with van der Waals surface area (Å²) < 4.78 is 4.85. The summed E-state index contributed by atoms with van der Waals surface area (Å²) in [6, 6.07) is 0. The maximum atomic E-state index is 11.4. The van der Waals surface area contributed by atoms with Gasteiger partial charge in [0.05, 0.1) is 19.3 Å². The molecule has 0 aromatic carbocycles. The van der Waals surface area contributed by atoms with E-state index in [9.17, 15) is 9.90 Å². The molecule has 0 spiro atoms. The van der Waals surface area contributed by atoms with Crippen molar-refractivity contribution in [2.75, 3.05) is 13.2 Å². The van der Waals surface area contributed by atoms with Crippen LogP contribution in [0.15, 0.2) is 16.8 Å². The molecule has 1 N–H and O–H groups in total. The molecule has 0 fully saturated rings. The maximum absolute atomic E-state index is 11.4. The van der Waals surface area contributed by atoms with E-state index < -0.39 is 12.1 Å². The highest BCUT2D eigenvalue weighted by molar-refractivity contribution is 5.88. The Morgan fingerprint density at radius 3 is 3.27 bits per heavy atom. The van der Waals surface area contributed by atoms with Gasteiger partial charge in [0.1, 0.15) is 0 Å². The molecule has 1 aliphatic rings. The molecule has 15 heavy (non-hydrogen) atoms. The second-order valence-electron chi connectivity index (χ2n) is 3.24. The molecule has 0 aromatic rings. The Labute approximate surface area is 87.2 Å². The zero-order valence-corrected chi connectivity index (χ0v) is 8.30. The lowest BCUT2D eigenvalue weighted by atomic mass is 9.98. The number of aliphatic hydroxyl groups excluding tert-OH is 1. The molecule has 0 aliphatic heterocycles. The fraction of sp³-hybridized carbons (Fsp3) is 0.667. The van der Waals surface area contributed by atoms with Crippen molar-refractivity contribution in [3.8, 4) is 0 Å². The summed E-state index contributed by atoms with van der Waals surface area (Å²) in [6.07, 6.45) is 3.10. The molecule has 0 radical (unpaired) electrons. The van der Waals surface area contributed by atoms with Gasteiger partial charge < -0.3 is 9.84 Å². The molecule has 1 aliphatic carbocycles. The Balaban J connectivity index is 2.36. The van der Waals surface area contributed by atoms with E-state index >= 15 is 0 Å². The van der Waals surface area contributed by atoms with Crippen LogP contribution in [0.25, 0.3) is 10.4 Å². The van der Waals surface area contributed by atoms with Gasteiger partial charge in [0.25, 0.3) is 0 Å². The molecule has 1 rings (SSSR count). The minimum atomic E-state index is -0.543. The normalized spacial score (nSPS) is 20.1. The standard InChI is InChI=1S/C9H13N3O3/c10-12-11-4-5-15-9(14)7-2-1-3-8(13)6-7/h6,8,13H,1-5H2. The predicted molar refractivity (Wildman–Crippen MR) is 52.9 cm³/mol. The summed E-state index contributed by atoms with van der Waals surface area (Å²) in [5.41, 5.74) is 8.50. The summed E-state index contributed by atoms with van der Waals surface area (Å²) >= 11 is 0. The average Bonchev–Trinajstić information content (AvgIpc) is 2.24. The van der Waals surface area contributed by atoms with E-state index in [4.69, 9.17) is 10.3 Å². The zero-order valence-electron chi connectivity index (χ0n) is 8.30. The van der Waals surface area contributed by atoms with Crippen molar-refractivity contribution in [2.45, 2.75) is 25.4 Å². The molecule has 0 heterocycles. The Kier molecular flexibility index (Phi) is 4.66. The number of hydrogen-bond donors (Lipinski definition) is 1. The number of ether oxygens (including phenoxy) is 1. The van der Waals surface area contributed by atoms with E-state index in [1.54, 1.807) is 0 Å². The van der Waals surface area contributed by atoms with Crippen LogP contribution in [0, 0.1) is 0 Å². The highest BCUT2D eigenvalue weighted by Gasteiger charge is 2.17. The van der Waals surface area contributed by atoms with E-state index in [0.717, 1.165) is 6.42 Å². The van der Waals surface area contributed by atoms with Gasteiger partial charge in [0.2, 0.25) is 0 Å². The highest BCUT2D eigenvalue weighted by Crippen LogP contribution is 2.18.